The maximum absolute atomic E-state index is 6.08. The molecule has 108 valence electrons. The van der Waals surface area contributed by atoms with Crippen molar-refractivity contribution in [1.29, 1.82) is 0 Å². The van der Waals surface area contributed by atoms with Gasteiger partial charge in [0, 0.05) is 10.2 Å². The van der Waals surface area contributed by atoms with E-state index in [0.717, 1.165) is 27.0 Å². The van der Waals surface area contributed by atoms with Crippen molar-refractivity contribution in [2.45, 2.75) is 25.6 Å². The molecule has 0 fully saturated rings. The quantitative estimate of drug-likeness (QED) is 0.550. The van der Waals surface area contributed by atoms with Crippen molar-refractivity contribution in [3.63, 3.8) is 0 Å². The summed E-state index contributed by atoms with van der Waals surface area (Å²) in [6.07, 6.45) is 0. The van der Waals surface area contributed by atoms with Gasteiger partial charge < -0.3 is 0 Å². The summed E-state index contributed by atoms with van der Waals surface area (Å²) < 4.78 is 3.15. The second-order valence-electron chi connectivity index (χ2n) is 5.38. The Labute approximate surface area is 137 Å². The van der Waals surface area contributed by atoms with Gasteiger partial charge in [-0.2, -0.15) is 0 Å². The molecule has 0 radical (unpaired) electrons. The Morgan fingerprint density at radius 1 is 1.14 bits per heavy atom. The van der Waals surface area contributed by atoms with E-state index in [1.165, 1.54) is 5.56 Å². The molecular weight excluding hydrogens is 348 g/mol. The number of halogens is 2. The van der Waals surface area contributed by atoms with E-state index >= 15 is 0 Å². The molecule has 21 heavy (non-hydrogen) atoms. The highest BCUT2D eigenvalue weighted by Gasteiger charge is 2.12. The number of hydrogen-bond acceptors (Lipinski definition) is 1. The Morgan fingerprint density at radius 2 is 1.86 bits per heavy atom. The summed E-state index contributed by atoms with van der Waals surface area (Å²) in [7, 11) is 0. The normalized spacial score (nSPS) is 11.5. The molecule has 0 aliphatic carbocycles. The molecule has 0 spiro atoms. The van der Waals surface area contributed by atoms with Crippen molar-refractivity contribution in [1.82, 2.24) is 9.55 Å². The lowest BCUT2D eigenvalue weighted by Crippen LogP contribution is -1.99. The Bertz CT molecular complexity index is 775. The zero-order valence-corrected chi connectivity index (χ0v) is 14.3. The highest BCUT2D eigenvalue weighted by Crippen LogP contribution is 2.26. The third-order valence-electron chi connectivity index (χ3n) is 3.62. The van der Waals surface area contributed by atoms with E-state index in [1.54, 1.807) is 0 Å². The standard InChI is InChI=1S/C17H16BrClN2/c1-11(2)12-3-6-14(7-4-12)21-16-8-5-13(18)9-15(16)20-17(21)10-19/h3-9,11H,10H2,1-2H3. The molecule has 0 amide bonds. The fraction of sp³-hybridized carbons (Fsp3) is 0.235. The smallest absolute Gasteiger partial charge is 0.129 e. The lowest BCUT2D eigenvalue weighted by molar-refractivity contribution is 0.864. The van der Waals surface area contributed by atoms with Gasteiger partial charge in [-0.25, -0.2) is 4.98 Å². The van der Waals surface area contributed by atoms with Gasteiger partial charge in [0.2, 0.25) is 0 Å². The van der Waals surface area contributed by atoms with Crippen LogP contribution in [0, 0.1) is 0 Å². The van der Waals surface area contributed by atoms with E-state index in [4.69, 9.17) is 11.6 Å². The molecule has 4 heteroatoms. The van der Waals surface area contributed by atoms with Gasteiger partial charge in [-0.1, -0.05) is 41.9 Å². The van der Waals surface area contributed by atoms with E-state index in [0.29, 0.717) is 11.8 Å². The Balaban J connectivity index is 2.18. The minimum atomic E-state index is 0.387. The third-order valence-corrected chi connectivity index (χ3v) is 4.36. The third kappa shape index (κ3) is 2.72. The highest BCUT2D eigenvalue weighted by molar-refractivity contribution is 9.10. The van der Waals surface area contributed by atoms with Crippen LogP contribution in [-0.4, -0.2) is 9.55 Å². The molecule has 1 heterocycles. The second kappa shape index (κ2) is 5.82. The fourth-order valence-corrected chi connectivity index (χ4v) is 3.02. The van der Waals surface area contributed by atoms with Gasteiger partial charge in [0.15, 0.2) is 0 Å². The van der Waals surface area contributed by atoms with Crippen LogP contribution in [0.1, 0.15) is 31.2 Å². The van der Waals surface area contributed by atoms with Crippen molar-refractivity contribution in [2.24, 2.45) is 0 Å². The molecule has 3 rings (SSSR count). The summed E-state index contributed by atoms with van der Waals surface area (Å²) in [6.45, 7) is 4.40. The summed E-state index contributed by atoms with van der Waals surface area (Å²) in [6, 6.07) is 14.7. The van der Waals surface area contributed by atoms with Crippen LogP contribution in [0.4, 0.5) is 0 Å². The van der Waals surface area contributed by atoms with Gasteiger partial charge in [-0.15, -0.1) is 11.6 Å². The number of hydrogen-bond donors (Lipinski definition) is 0. The number of benzene rings is 2. The SMILES string of the molecule is CC(C)c1ccc(-n2c(CCl)nc3cc(Br)ccc32)cc1. The molecule has 2 nitrogen and oxygen atoms in total. The molecular formula is C17H16BrClN2. The van der Waals surface area contributed by atoms with Gasteiger partial charge in [-0.05, 0) is 41.8 Å². The zero-order valence-electron chi connectivity index (χ0n) is 12.0. The molecule has 0 bridgehead atoms. The molecule has 0 unspecified atom stereocenters. The first-order valence-corrected chi connectivity index (χ1v) is 8.26. The Hall–Kier alpha value is -1.32. The largest absolute Gasteiger partial charge is 0.295 e. The zero-order chi connectivity index (χ0) is 15.0. The number of rotatable bonds is 3. The molecule has 0 atom stereocenters. The summed E-state index contributed by atoms with van der Waals surface area (Å²) in [5.41, 5.74) is 4.46. The van der Waals surface area contributed by atoms with Gasteiger partial charge in [0.25, 0.3) is 0 Å². The van der Waals surface area contributed by atoms with Gasteiger partial charge in [-0.3, -0.25) is 4.57 Å². The lowest BCUT2D eigenvalue weighted by atomic mass is 10.0. The maximum Gasteiger partial charge on any atom is 0.129 e. The van der Waals surface area contributed by atoms with Crippen molar-refractivity contribution in [2.75, 3.05) is 0 Å². The van der Waals surface area contributed by atoms with Crippen LogP contribution >= 0.6 is 27.5 Å². The Kier molecular flexibility index (Phi) is 4.05. The average Bonchev–Trinajstić information content (AvgIpc) is 2.84. The minimum absolute atomic E-state index is 0.387. The molecule has 0 aliphatic heterocycles. The summed E-state index contributed by atoms with van der Waals surface area (Å²) >= 11 is 9.57. The topological polar surface area (TPSA) is 17.8 Å². The molecule has 1 aromatic heterocycles. The number of alkyl halides is 1. The first-order chi connectivity index (χ1) is 10.1. The van der Waals surface area contributed by atoms with E-state index in [1.807, 2.05) is 12.1 Å². The average molecular weight is 364 g/mol. The van der Waals surface area contributed by atoms with Crippen LogP contribution in [0.25, 0.3) is 16.7 Å². The predicted molar refractivity (Wildman–Crippen MR) is 92.4 cm³/mol. The first kappa shape index (κ1) is 14.6. The molecule has 3 aromatic rings. The second-order valence-corrected chi connectivity index (χ2v) is 6.56. The molecule has 0 N–H and O–H groups in total. The van der Waals surface area contributed by atoms with Crippen LogP contribution in [0.5, 0.6) is 0 Å². The van der Waals surface area contributed by atoms with Crippen LogP contribution in [0.2, 0.25) is 0 Å². The molecule has 0 saturated carbocycles. The van der Waals surface area contributed by atoms with E-state index < -0.39 is 0 Å². The van der Waals surface area contributed by atoms with Crippen molar-refractivity contribution >= 4 is 38.6 Å². The monoisotopic (exact) mass is 362 g/mol. The molecule has 0 aliphatic rings. The predicted octanol–water partition coefficient (Wildman–Crippen LogP) is 5.65. The van der Waals surface area contributed by atoms with Crippen LogP contribution in [0.15, 0.2) is 46.9 Å². The summed E-state index contributed by atoms with van der Waals surface area (Å²) in [4.78, 5) is 4.63. The van der Waals surface area contributed by atoms with E-state index in [2.05, 4.69) is 69.7 Å². The molecule has 0 saturated heterocycles. The fourth-order valence-electron chi connectivity index (χ4n) is 2.49. The van der Waals surface area contributed by atoms with Crippen molar-refractivity contribution in [3.8, 4) is 5.69 Å². The highest BCUT2D eigenvalue weighted by atomic mass is 79.9. The van der Waals surface area contributed by atoms with Crippen LogP contribution in [-0.2, 0) is 5.88 Å². The number of imidazole rings is 1. The number of aromatic nitrogens is 2. The van der Waals surface area contributed by atoms with Crippen LogP contribution in [0.3, 0.4) is 0 Å². The summed E-state index contributed by atoms with van der Waals surface area (Å²) in [5.74, 6) is 1.78. The Morgan fingerprint density at radius 3 is 2.48 bits per heavy atom. The van der Waals surface area contributed by atoms with Crippen molar-refractivity contribution in [3.05, 3.63) is 58.3 Å². The van der Waals surface area contributed by atoms with Crippen molar-refractivity contribution < 1.29 is 0 Å². The van der Waals surface area contributed by atoms with Crippen LogP contribution < -0.4 is 0 Å². The lowest BCUT2D eigenvalue weighted by Gasteiger charge is -2.10. The minimum Gasteiger partial charge on any atom is -0.295 e. The van der Waals surface area contributed by atoms with E-state index in [9.17, 15) is 0 Å². The van der Waals surface area contributed by atoms with Gasteiger partial charge in [0.1, 0.15) is 5.82 Å². The summed E-state index contributed by atoms with van der Waals surface area (Å²) in [5, 5.41) is 0. The maximum atomic E-state index is 6.08. The van der Waals surface area contributed by atoms with Gasteiger partial charge in [0.05, 0.1) is 16.9 Å². The first-order valence-electron chi connectivity index (χ1n) is 6.93. The molecule has 2 aromatic carbocycles. The van der Waals surface area contributed by atoms with E-state index in [-0.39, 0.29) is 0 Å². The number of fused-ring (bicyclic) bond motifs is 1. The number of nitrogens with zero attached hydrogens (tertiary/aromatic N) is 2. The van der Waals surface area contributed by atoms with Gasteiger partial charge >= 0.3 is 0 Å².